The molecule has 2 N–H and O–H groups in total. The average molecular weight is 443 g/mol. The number of carboxylic acids is 1. The van der Waals surface area contributed by atoms with E-state index in [0.717, 1.165) is 36.2 Å². The van der Waals surface area contributed by atoms with Crippen LogP contribution in [0.1, 0.15) is 74.6 Å². The highest BCUT2D eigenvalue weighted by Gasteiger charge is 2.26. The van der Waals surface area contributed by atoms with Gasteiger partial charge in [0, 0.05) is 24.8 Å². The van der Waals surface area contributed by atoms with Crippen LogP contribution in [0.2, 0.25) is 0 Å². The zero-order valence-corrected chi connectivity index (χ0v) is 19.8. The standard InChI is InChI=1S/C25H34N2O5/c1-7-16-12-17(13-20(25(4,5)6)23(16)27(8-2)9-3)21(26-31)15-32-18-10-11-19(24(29)30)22(28)14-18/h10-14,21,28H,7-9,15H2,1-6H3,(H,29,30). The van der Waals surface area contributed by atoms with Crippen molar-refractivity contribution in [2.24, 2.45) is 5.18 Å². The molecular weight excluding hydrogens is 408 g/mol. The topological polar surface area (TPSA) is 99.4 Å². The first-order valence-corrected chi connectivity index (χ1v) is 11.0. The second-order valence-electron chi connectivity index (χ2n) is 8.77. The second-order valence-corrected chi connectivity index (χ2v) is 8.77. The molecule has 0 fully saturated rings. The van der Waals surface area contributed by atoms with E-state index in [-0.39, 0.29) is 23.3 Å². The summed E-state index contributed by atoms with van der Waals surface area (Å²) in [6.07, 6.45) is 0.819. The zero-order chi connectivity index (χ0) is 24.1. The van der Waals surface area contributed by atoms with E-state index in [0.29, 0.717) is 0 Å². The molecule has 0 aliphatic carbocycles. The Morgan fingerprint density at radius 3 is 2.25 bits per heavy atom. The van der Waals surface area contributed by atoms with Crippen LogP contribution in [-0.2, 0) is 11.8 Å². The van der Waals surface area contributed by atoms with Crippen LogP contribution >= 0.6 is 0 Å². The van der Waals surface area contributed by atoms with E-state index in [1.807, 2.05) is 12.1 Å². The number of ether oxygens (including phenoxy) is 1. The molecule has 0 radical (unpaired) electrons. The Hall–Kier alpha value is -3.09. The Kier molecular flexibility index (Phi) is 8.25. The Morgan fingerprint density at radius 1 is 1.12 bits per heavy atom. The molecule has 0 saturated carbocycles. The van der Waals surface area contributed by atoms with Gasteiger partial charge in [0.25, 0.3) is 0 Å². The highest BCUT2D eigenvalue weighted by molar-refractivity contribution is 5.90. The van der Waals surface area contributed by atoms with E-state index in [1.165, 1.54) is 23.9 Å². The third-order valence-corrected chi connectivity index (χ3v) is 5.60. The van der Waals surface area contributed by atoms with Gasteiger partial charge in [0.1, 0.15) is 23.7 Å². The minimum atomic E-state index is -1.23. The molecule has 32 heavy (non-hydrogen) atoms. The Bertz CT molecular complexity index is 962. The molecule has 7 nitrogen and oxygen atoms in total. The first-order valence-electron chi connectivity index (χ1n) is 11.0. The molecule has 0 saturated heterocycles. The number of nitroso groups, excluding NO2 is 1. The predicted molar refractivity (Wildman–Crippen MR) is 127 cm³/mol. The number of aromatic carboxylic acids is 1. The lowest BCUT2D eigenvalue weighted by Gasteiger charge is -2.33. The normalized spacial score (nSPS) is 12.3. The van der Waals surface area contributed by atoms with Gasteiger partial charge in [-0.25, -0.2) is 4.79 Å². The number of benzene rings is 2. The maximum Gasteiger partial charge on any atom is 0.339 e. The van der Waals surface area contributed by atoms with Gasteiger partial charge in [-0.2, -0.15) is 4.91 Å². The molecule has 0 aliphatic rings. The number of nitrogens with zero attached hydrogens (tertiary/aromatic N) is 2. The van der Waals surface area contributed by atoms with Gasteiger partial charge in [0.2, 0.25) is 0 Å². The van der Waals surface area contributed by atoms with Crippen LogP contribution in [0.5, 0.6) is 11.5 Å². The fourth-order valence-electron chi connectivity index (χ4n) is 3.81. The van der Waals surface area contributed by atoms with Crippen LogP contribution in [0, 0.1) is 4.91 Å². The van der Waals surface area contributed by atoms with Gasteiger partial charge in [0.15, 0.2) is 6.04 Å². The number of hydrogen-bond donors (Lipinski definition) is 2. The highest BCUT2D eigenvalue weighted by atomic mass is 16.5. The molecule has 0 spiro atoms. The molecule has 0 aliphatic heterocycles. The maximum atomic E-state index is 11.8. The van der Waals surface area contributed by atoms with Crippen molar-refractivity contribution in [2.45, 2.75) is 59.4 Å². The number of aryl methyl sites for hydroxylation is 1. The molecule has 7 heteroatoms. The summed E-state index contributed by atoms with van der Waals surface area (Å²) in [4.78, 5) is 25.2. The summed E-state index contributed by atoms with van der Waals surface area (Å²) in [6, 6.07) is 7.28. The van der Waals surface area contributed by atoms with Crippen LogP contribution in [0.25, 0.3) is 0 Å². The van der Waals surface area contributed by atoms with Gasteiger partial charge in [0.05, 0.1) is 0 Å². The highest BCUT2D eigenvalue weighted by Crippen LogP contribution is 2.38. The van der Waals surface area contributed by atoms with E-state index in [1.54, 1.807) is 0 Å². The Balaban J connectivity index is 2.42. The van der Waals surface area contributed by atoms with Crippen molar-refractivity contribution in [1.82, 2.24) is 0 Å². The SMILES string of the molecule is CCc1cc(C(COc2ccc(C(=O)O)c(O)c2)N=O)cc(C(C)(C)C)c1N(CC)CC. The Morgan fingerprint density at radius 2 is 1.78 bits per heavy atom. The summed E-state index contributed by atoms with van der Waals surface area (Å²) in [6.45, 7) is 14.6. The number of rotatable bonds is 10. The minimum Gasteiger partial charge on any atom is -0.507 e. The third kappa shape index (κ3) is 5.58. The summed E-state index contributed by atoms with van der Waals surface area (Å²) < 4.78 is 5.69. The van der Waals surface area contributed by atoms with Crippen LogP contribution in [-0.4, -0.2) is 35.9 Å². The molecule has 0 bridgehead atoms. The van der Waals surface area contributed by atoms with E-state index in [2.05, 4.69) is 51.6 Å². The molecule has 2 aromatic rings. The van der Waals surface area contributed by atoms with Gasteiger partial charge in [-0.05, 0) is 54.5 Å². The van der Waals surface area contributed by atoms with Gasteiger partial charge < -0.3 is 19.8 Å². The summed E-state index contributed by atoms with van der Waals surface area (Å²) in [7, 11) is 0. The molecule has 1 atom stereocenters. The lowest BCUT2D eigenvalue weighted by Crippen LogP contribution is -2.28. The van der Waals surface area contributed by atoms with Gasteiger partial charge in [-0.3, -0.25) is 0 Å². The van der Waals surface area contributed by atoms with Gasteiger partial charge in [-0.1, -0.05) is 45.0 Å². The van der Waals surface area contributed by atoms with Crippen molar-refractivity contribution in [3.8, 4) is 11.5 Å². The maximum absolute atomic E-state index is 11.8. The van der Waals surface area contributed by atoms with Crippen molar-refractivity contribution in [3.05, 3.63) is 57.5 Å². The fraction of sp³-hybridized carbons (Fsp3) is 0.480. The van der Waals surface area contributed by atoms with Gasteiger partial charge in [-0.15, -0.1) is 0 Å². The molecule has 0 amide bonds. The number of carboxylic acid groups (broad SMARTS) is 1. The monoisotopic (exact) mass is 442 g/mol. The quantitative estimate of drug-likeness (QED) is 0.459. The smallest absolute Gasteiger partial charge is 0.339 e. The molecule has 2 rings (SSSR count). The largest absolute Gasteiger partial charge is 0.507 e. The fourth-order valence-corrected chi connectivity index (χ4v) is 3.81. The predicted octanol–water partition coefficient (Wildman–Crippen LogP) is 5.68. The number of aromatic hydroxyl groups is 1. The molecule has 0 heterocycles. The number of anilines is 1. The van der Waals surface area contributed by atoms with E-state index in [9.17, 15) is 14.8 Å². The molecule has 2 aromatic carbocycles. The van der Waals surface area contributed by atoms with Crippen LogP contribution in [0.4, 0.5) is 5.69 Å². The van der Waals surface area contributed by atoms with E-state index < -0.39 is 17.8 Å². The van der Waals surface area contributed by atoms with Crippen molar-refractivity contribution in [2.75, 3.05) is 24.6 Å². The van der Waals surface area contributed by atoms with E-state index >= 15 is 0 Å². The summed E-state index contributed by atoms with van der Waals surface area (Å²) >= 11 is 0. The summed E-state index contributed by atoms with van der Waals surface area (Å²) in [5.41, 5.74) is 3.97. The third-order valence-electron chi connectivity index (χ3n) is 5.60. The first kappa shape index (κ1) is 25.2. The van der Waals surface area contributed by atoms with Crippen molar-refractivity contribution in [3.63, 3.8) is 0 Å². The first-order chi connectivity index (χ1) is 15.1. The van der Waals surface area contributed by atoms with Crippen molar-refractivity contribution >= 4 is 11.7 Å². The number of hydrogen-bond acceptors (Lipinski definition) is 6. The van der Waals surface area contributed by atoms with Crippen molar-refractivity contribution < 1.29 is 19.7 Å². The summed E-state index contributed by atoms with van der Waals surface area (Å²) in [5, 5.41) is 22.2. The molecule has 1 unspecified atom stereocenters. The molecular formula is C25H34N2O5. The number of carbonyl (C=O) groups is 1. The average Bonchev–Trinajstić information content (AvgIpc) is 2.74. The van der Waals surface area contributed by atoms with Crippen molar-refractivity contribution in [1.29, 1.82) is 0 Å². The second kappa shape index (κ2) is 10.5. The van der Waals surface area contributed by atoms with Gasteiger partial charge >= 0.3 is 5.97 Å². The van der Waals surface area contributed by atoms with Crippen LogP contribution < -0.4 is 9.64 Å². The Labute approximate surface area is 190 Å². The minimum absolute atomic E-state index is 0.0211. The summed E-state index contributed by atoms with van der Waals surface area (Å²) in [5.74, 6) is -1.35. The van der Waals surface area contributed by atoms with Crippen LogP contribution in [0.3, 0.4) is 0 Å². The van der Waals surface area contributed by atoms with Crippen LogP contribution in [0.15, 0.2) is 35.5 Å². The molecule has 0 aromatic heterocycles. The lowest BCUT2D eigenvalue weighted by molar-refractivity contribution is 0.0693. The van der Waals surface area contributed by atoms with E-state index in [4.69, 9.17) is 9.84 Å². The lowest BCUT2D eigenvalue weighted by atomic mass is 9.81. The zero-order valence-electron chi connectivity index (χ0n) is 19.8. The number of phenols is 1. The molecule has 174 valence electrons.